The third-order valence-electron chi connectivity index (χ3n) is 3.40. The number of esters is 1. The maximum absolute atomic E-state index is 11.5. The molecule has 0 radical (unpaired) electrons. The summed E-state index contributed by atoms with van der Waals surface area (Å²) in [6.07, 6.45) is 2.24. The van der Waals surface area contributed by atoms with Crippen molar-refractivity contribution in [2.24, 2.45) is 5.92 Å². The van der Waals surface area contributed by atoms with E-state index in [9.17, 15) is 9.59 Å². The van der Waals surface area contributed by atoms with E-state index in [4.69, 9.17) is 4.74 Å². The monoisotopic (exact) mass is 211 g/mol. The van der Waals surface area contributed by atoms with Gasteiger partial charge in [0.2, 0.25) is 0 Å². The van der Waals surface area contributed by atoms with Crippen LogP contribution in [0.25, 0.3) is 0 Å². The van der Waals surface area contributed by atoms with Crippen LogP contribution in [0.3, 0.4) is 0 Å². The molecule has 0 aromatic carbocycles. The van der Waals surface area contributed by atoms with Crippen molar-refractivity contribution in [3.8, 4) is 0 Å². The second kappa shape index (κ2) is 4.31. The van der Waals surface area contributed by atoms with Gasteiger partial charge in [0.1, 0.15) is 11.8 Å². The van der Waals surface area contributed by atoms with Gasteiger partial charge in [-0.3, -0.25) is 14.5 Å². The highest BCUT2D eigenvalue weighted by Gasteiger charge is 2.36. The zero-order valence-corrected chi connectivity index (χ0v) is 9.07. The molecule has 2 aliphatic rings. The molecule has 0 bridgehead atoms. The topological polar surface area (TPSA) is 46.6 Å². The van der Waals surface area contributed by atoms with Gasteiger partial charge in [0, 0.05) is 31.8 Å². The van der Waals surface area contributed by atoms with Gasteiger partial charge < -0.3 is 4.74 Å². The van der Waals surface area contributed by atoms with E-state index < -0.39 is 0 Å². The van der Waals surface area contributed by atoms with Gasteiger partial charge in [-0.2, -0.15) is 0 Å². The summed E-state index contributed by atoms with van der Waals surface area (Å²) in [5.41, 5.74) is 0. The number of piperidine rings is 1. The molecule has 0 aromatic heterocycles. The van der Waals surface area contributed by atoms with E-state index in [1.807, 2.05) is 6.92 Å². The molecule has 0 spiro atoms. The molecule has 0 amide bonds. The largest absolute Gasteiger partial charge is 0.464 e. The van der Waals surface area contributed by atoms with Gasteiger partial charge in [-0.1, -0.05) is 6.92 Å². The number of cyclic esters (lactones) is 1. The minimum atomic E-state index is -0.112. The molecule has 2 rings (SSSR count). The molecule has 4 heteroatoms. The molecular weight excluding hydrogens is 194 g/mol. The Morgan fingerprint density at radius 3 is 2.87 bits per heavy atom. The van der Waals surface area contributed by atoms with Crippen molar-refractivity contribution in [3.05, 3.63) is 0 Å². The summed E-state index contributed by atoms with van der Waals surface area (Å²) in [7, 11) is 0. The van der Waals surface area contributed by atoms with Gasteiger partial charge in [-0.05, 0) is 6.42 Å². The number of ketones is 1. The van der Waals surface area contributed by atoms with E-state index >= 15 is 0 Å². The molecule has 2 fully saturated rings. The van der Waals surface area contributed by atoms with Crippen molar-refractivity contribution >= 4 is 11.8 Å². The van der Waals surface area contributed by atoms with Gasteiger partial charge in [0.05, 0.1) is 6.61 Å². The van der Waals surface area contributed by atoms with E-state index in [-0.39, 0.29) is 17.9 Å². The molecule has 2 saturated heterocycles. The second-order valence-corrected chi connectivity index (χ2v) is 4.29. The van der Waals surface area contributed by atoms with E-state index in [0.717, 1.165) is 25.9 Å². The molecule has 15 heavy (non-hydrogen) atoms. The summed E-state index contributed by atoms with van der Waals surface area (Å²) in [6, 6.07) is -0.0906. The van der Waals surface area contributed by atoms with Crippen LogP contribution in [-0.2, 0) is 14.3 Å². The highest BCUT2D eigenvalue weighted by Crippen LogP contribution is 2.22. The predicted octanol–water partition coefficient (Wildman–Crippen LogP) is 0.603. The van der Waals surface area contributed by atoms with Gasteiger partial charge in [0.25, 0.3) is 0 Å². The summed E-state index contributed by atoms with van der Waals surface area (Å²) < 4.78 is 4.95. The highest BCUT2D eigenvalue weighted by atomic mass is 16.5. The van der Waals surface area contributed by atoms with Gasteiger partial charge in [-0.25, -0.2) is 0 Å². The molecule has 84 valence electrons. The van der Waals surface area contributed by atoms with Crippen LogP contribution in [0.4, 0.5) is 0 Å². The second-order valence-electron chi connectivity index (χ2n) is 4.29. The summed E-state index contributed by atoms with van der Waals surface area (Å²) in [6.45, 7) is 4.01. The van der Waals surface area contributed by atoms with Crippen molar-refractivity contribution in [2.75, 3.05) is 19.7 Å². The fourth-order valence-electron chi connectivity index (χ4n) is 2.39. The van der Waals surface area contributed by atoms with E-state index in [0.29, 0.717) is 18.8 Å². The lowest BCUT2D eigenvalue weighted by Crippen LogP contribution is -2.47. The first kappa shape index (κ1) is 10.6. The normalized spacial score (nSPS) is 33.1. The highest BCUT2D eigenvalue weighted by molar-refractivity contribution is 5.83. The van der Waals surface area contributed by atoms with Gasteiger partial charge in [-0.15, -0.1) is 0 Å². The molecule has 0 aromatic rings. The Morgan fingerprint density at radius 2 is 2.27 bits per heavy atom. The number of nitrogens with zero attached hydrogens (tertiary/aromatic N) is 1. The Hall–Kier alpha value is -0.900. The van der Waals surface area contributed by atoms with Crippen LogP contribution in [0.1, 0.15) is 26.2 Å². The Morgan fingerprint density at radius 1 is 1.47 bits per heavy atom. The molecule has 4 nitrogen and oxygen atoms in total. The lowest BCUT2D eigenvalue weighted by atomic mass is 9.93. The van der Waals surface area contributed by atoms with Crippen molar-refractivity contribution in [2.45, 2.75) is 32.2 Å². The van der Waals surface area contributed by atoms with Gasteiger partial charge in [0.15, 0.2) is 0 Å². The van der Waals surface area contributed by atoms with Crippen LogP contribution in [0.15, 0.2) is 0 Å². The van der Waals surface area contributed by atoms with Crippen LogP contribution >= 0.6 is 0 Å². The number of Topliss-reactive ketones (excluding diaryl/α,β-unsaturated/α-hetero) is 1. The fourth-order valence-corrected chi connectivity index (χ4v) is 2.39. The maximum atomic E-state index is 11.5. The number of carbonyl (C=O) groups is 2. The van der Waals surface area contributed by atoms with Crippen molar-refractivity contribution in [1.29, 1.82) is 0 Å². The van der Waals surface area contributed by atoms with Crippen LogP contribution in [0.5, 0.6) is 0 Å². The zero-order chi connectivity index (χ0) is 10.8. The molecule has 0 N–H and O–H groups in total. The number of hydrogen-bond acceptors (Lipinski definition) is 4. The van der Waals surface area contributed by atoms with Crippen molar-refractivity contribution in [1.82, 2.24) is 4.90 Å². The quantitative estimate of drug-likeness (QED) is 0.628. The van der Waals surface area contributed by atoms with Crippen LogP contribution in [-0.4, -0.2) is 42.4 Å². The maximum Gasteiger partial charge on any atom is 0.323 e. The third-order valence-corrected chi connectivity index (χ3v) is 3.40. The average Bonchev–Trinajstić information content (AvgIpc) is 2.65. The molecule has 0 aliphatic carbocycles. The number of ether oxygens (including phenoxy) is 1. The van der Waals surface area contributed by atoms with Crippen molar-refractivity contribution in [3.63, 3.8) is 0 Å². The number of hydrogen-bond donors (Lipinski definition) is 0. The molecule has 2 unspecified atom stereocenters. The summed E-state index contributed by atoms with van der Waals surface area (Å²) in [4.78, 5) is 25.0. The van der Waals surface area contributed by atoms with E-state index in [1.54, 1.807) is 0 Å². The Bertz CT molecular complexity index is 277. The summed E-state index contributed by atoms with van der Waals surface area (Å²) >= 11 is 0. The number of carbonyl (C=O) groups excluding carboxylic acids is 2. The smallest absolute Gasteiger partial charge is 0.323 e. The zero-order valence-electron chi connectivity index (χ0n) is 9.07. The van der Waals surface area contributed by atoms with Crippen LogP contribution in [0, 0.1) is 5.92 Å². The SMILES string of the molecule is CCC1CN(C2CCOC2=O)CCC1=O. The lowest BCUT2D eigenvalue weighted by Gasteiger charge is -2.33. The first-order chi connectivity index (χ1) is 7.22. The molecule has 2 atom stereocenters. The first-order valence-corrected chi connectivity index (χ1v) is 5.65. The lowest BCUT2D eigenvalue weighted by molar-refractivity contribution is -0.144. The Labute approximate surface area is 89.6 Å². The van der Waals surface area contributed by atoms with Gasteiger partial charge >= 0.3 is 5.97 Å². The minimum absolute atomic E-state index is 0.0906. The minimum Gasteiger partial charge on any atom is -0.464 e. The molecule has 2 heterocycles. The Kier molecular flexibility index (Phi) is 3.05. The summed E-state index contributed by atoms with van der Waals surface area (Å²) in [5.74, 6) is 0.353. The van der Waals surface area contributed by atoms with E-state index in [1.165, 1.54) is 0 Å². The van der Waals surface area contributed by atoms with Crippen LogP contribution < -0.4 is 0 Å². The fraction of sp³-hybridized carbons (Fsp3) is 0.818. The number of likely N-dealkylation sites (tertiary alicyclic amines) is 1. The molecule has 0 saturated carbocycles. The predicted molar refractivity (Wildman–Crippen MR) is 54.3 cm³/mol. The standard InChI is InChI=1S/C11H17NO3/c1-2-8-7-12(5-3-10(8)13)9-4-6-15-11(9)14/h8-9H,2-7H2,1H3. The Balaban J connectivity index is 1.99. The molecular formula is C11H17NO3. The summed E-state index contributed by atoms with van der Waals surface area (Å²) in [5, 5.41) is 0. The first-order valence-electron chi connectivity index (χ1n) is 5.65. The number of rotatable bonds is 2. The van der Waals surface area contributed by atoms with Crippen molar-refractivity contribution < 1.29 is 14.3 Å². The third kappa shape index (κ3) is 2.04. The molecule has 2 aliphatic heterocycles. The van der Waals surface area contributed by atoms with E-state index in [2.05, 4.69) is 4.90 Å². The average molecular weight is 211 g/mol. The van der Waals surface area contributed by atoms with Crippen LogP contribution in [0.2, 0.25) is 0 Å².